The summed E-state index contributed by atoms with van der Waals surface area (Å²) in [7, 11) is 0. The maximum atomic E-state index is 12.9. The Balaban J connectivity index is 1.82. The first-order valence-corrected chi connectivity index (χ1v) is 6.60. The molecule has 0 N–H and O–H groups in total. The van der Waals surface area contributed by atoms with E-state index in [1.165, 1.54) is 23.2 Å². The Morgan fingerprint density at radius 1 is 1.14 bits per heavy atom. The lowest BCUT2D eigenvalue weighted by Gasteiger charge is -2.18. The van der Waals surface area contributed by atoms with Crippen molar-refractivity contribution in [2.45, 2.75) is 0 Å². The molecule has 1 saturated heterocycles. The third-order valence-corrected chi connectivity index (χ3v) is 3.35. The van der Waals surface area contributed by atoms with Crippen LogP contribution in [-0.2, 0) is 4.79 Å². The van der Waals surface area contributed by atoms with Gasteiger partial charge in [-0.1, -0.05) is 6.07 Å². The number of aromatic nitrogens is 1. The molecule has 1 fully saturated rings. The van der Waals surface area contributed by atoms with Gasteiger partial charge in [-0.15, -0.1) is 0 Å². The van der Waals surface area contributed by atoms with Crippen molar-refractivity contribution in [2.24, 2.45) is 0 Å². The number of pyridine rings is 1. The lowest BCUT2D eigenvalue weighted by Crippen LogP contribution is -2.31. The summed E-state index contributed by atoms with van der Waals surface area (Å²) >= 11 is 0. The summed E-state index contributed by atoms with van der Waals surface area (Å²) in [5, 5.41) is 0. The Morgan fingerprint density at radius 2 is 1.91 bits per heavy atom. The number of carbonyl (C=O) groups excluding carboxylic acids is 2. The first-order valence-electron chi connectivity index (χ1n) is 6.60. The van der Waals surface area contributed by atoms with Crippen LogP contribution in [0.2, 0.25) is 0 Å². The maximum absolute atomic E-state index is 12.9. The van der Waals surface area contributed by atoms with E-state index in [1.807, 2.05) is 0 Å². The summed E-state index contributed by atoms with van der Waals surface area (Å²) in [6.07, 6.45) is 1.32. The number of benzene rings is 1. The summed E-state index contributed by atoms with van der Waals surface area (Å²) in [4.78, 5) is 29.5. The summed E-state index contributed by atoms with van der Waals surface area (Å²) in [5.74, 6) is -0.229. The second-order valence-electron chi connectivity index (χ2n) is 4.64. The quantitative estimate of drug-likeness (QED) is 0.641. The zero-order valence-electron chi connectivity index (χ0n) is 11.5. The van der Waals surface area contributed by atoms with Crippen molar-refractivity contribution < 1.29 is 18.7 Å². The van der Waals surface area contributed by atoms with Crippen LogP contribution in [0.4, 0.5) is 20.6 Å². The predicted octanol–water partition coefficient (Wildman–Crippen LogP) is 2.20. The van der Waals surface area contributed by atoms with Crippen LogP contribution in [-0.4, -0.2) is 30.6 Å². The van der Waals surface area contributed by atoms with E-state index in [1.54, 1.807) is 29.2 Å². The number of urea groups is 1. The summed E-state index contributed by atoms with van der Waals surface area (Å²) in [5.41, 5.74) is 1.16. The molecule has 0 unspecified atom stereocenters. The van der Waals surface area contributed by atoms with Gasteiger partial charge >= 0.3 is 6.03 Å². The molecule has 2 heterocycles. The number of hydrogen-bond donors (Lipinski definition) is 0. The average Bonchev–Trinajstić information content (AvgIpc) is 2.90. The first-order chi connectivity index (χ1) is 10.7. The van der Waals surface area contributed by atoms with E-state index in [-0.39, 0.29) is 6.03 Å². The van der Waals surface area contributed by atoms with Gasteiger partial charge in [-0.2, -0.15) is 4.39 Å². The standard InChI is InChI=1S/C15H12FN3O3/c16-14-5-4-12(9-17-14)19-7-6-18(15(19)21)11-2-1-3-13(8-11)22-10-20/h1-5,8-10H,6-7H2. The number of carbonyl (C=O) groups is 2. The van der Waals surface area contributed by atoms with Crippen molar-refractivity contribution in [3.8, 4) is 5.75 Å². The highest BCUT2D eigenvalue weighted by atomic mass is 19.1. The zero-order valence-corrected chi connectivity index (χ0v) is 11.5. The molecule has 1 aliphatic rings. The molecule has 1 aromatic carbocycles. The molecule has 0 spiro atoms. The number of anilines is 2. The third kappa shape index (κ3) is 2.60. The zero-order chi connectivity index (χ0) is 15.5. The number of halogens is 1. The molecule has 0 bridgehead atoms. The third-order valence-electron chi connectivity index (χ3n) is 3.35. The van der Waals surface area contributed by atoms with Crippen molar-refractivity contribution in [3.63, 3.8) is 0 Å². The van der Waals surface area contributed by atoms with E-state index >= 15 is 0 Å². The largest absolute Gasteiger partial charge is 0.429 e. The van der Waals surface area contributed by atoms with Gasteiger partial charge in [0.25, 0.3) is 6.47 Å². The highest BCUT2D eigenvalue weighted by molar-refractivity contribution is 6.06. The van der Waals surface area contributed by atoms with Gasteiger partial charge in [-0.3, -0.25) is 14.6 Å². The average molecular weight is 301 g/mol. The van der Waals surface area contributed by atoms with Crippen LogP contribution >= 0.6 is 0 Å². The molecule has 0 aliphatic carbocycles. The number of rotatable bonds is 4. The van der Waals surface area contributed by atoms with Gasteiger partial charge in [-0.05, 0) is 24.3 Å². The van der Waals surface area contributed by atoms with Crippen LogP contribution in [0.5, 0.6) is 5.75 Å². The molecule has 3 rings (SSSR count). The molecular formula is C15H12FN3O3. The molecular weight excluding hydrogens is 289 g/mol. The fourth-order valence-electron chi connectivity index (χ4n) is 2.32. The fraction of sp³-hybridized carbons (Fsp3) is 0.133. The Kier molecular flexibility index (Phi) is 3.69. The van der Waals surface area contributed by atoms with Crippen LogP contribution in [0.3, 0.4) is 0 Å². The first kappa shape index (κ1) is 14.0. The second-order valence-corrected chi connectivity index (χ2v) is 4.64. The predicted molar refractivity (Wildman–Crippen MR) is 77.4 cm³/mol. The van der Waals surface area contributed by atoms with E-state index in [0.29, 0.717) is 36.7 Å². The van der Waals surface area contributed by atoms with Crippen LogP contribution in [0, 0.1) is 5.95 Å². The minimum atomic E-state index is -0.592. The molecule has 112 valence electrons. The van der Waals surface area contributed by atoms with Gasteiger partial charge < -0.3 is 4.74 Å². The molecule has 0 radical (unpaired) electrons. The van der Waals surface area contributed by atoms with Crippen molar-refractivity contribution in [1.82, 2.24) is 4.98 Å². The molecule has 7 heteroatoms. The molecule has 0 atom stereocenters. The van der Waals surface area contributed by atoms with Crippen LogP contribution in [0.15, 0.2) is 42.6 Å². The van der Waals surface area contributed by atoms with E-state index in [2.05, 4.69) is 4.98 Å². The van der Waals surface area contributed by atoms with E-state index < -0.39 is 5.95 Å². The number of ether oxygens (including phenoxy) is 1. The lowest BCUT2D eigenvalue weighted by atomic mass is 10.3. The molecule has 1 aliphatic heterocycles. The topological polar surface area (TPSA) is 62.7 Å². The molecule has 0 saturated carbocycles. The van der Waals surface area contributed by atoms with Gasteiger partial charge in [-0.25, -0.2) is 9.78 Å². The molecule has 2 amide bonds. The normalized spacial score (nSPS) is 14.3. The summed E-state index contributed by atoms with van der Waals surface area (Å²) < 4.78 is 17.6. The SMILES string of the molecule is O=COc1cccc(N2CCN(c3ccc(F)nc3)C2=O)c1. The molecule has 22 heavy (non-hydrogen) atoms. The van der Waals surface area contributed by atoms with Gasteiger partial charge in [0.1, 0.15) is 5.75 Å². The van der Waals surface area contributed by atoms with Crippen molar-refractivity contribution in [2.75, 3.05) is 22.9 Å². The highest BCUT2D eigenvalue weighted by Crippen LogP contribution is 2.27. The molecule has 6 nitrogen and oxygen atoms in total. The Hall–Kier alpha value is -2.96. The number of nitrogens with zero attached hydrogens (tertiary/aromatic N) is 3. The van der Waals surface area contributed by atoms with Gasteiger partial charge in [0.05, 0.1) is 11.9 Å². The maximum Gasteiger partial charge on any atom is 0.329 e. The van der Waals surface area contributed by atoms with Crippen LogP contribution in [0.1, 0.15) is 0 Å². The number of hydrogen-bond acceptors (Lipinski definition) is 4. The fourth-order valence-corrected chi connectivity index (χ4v) is 2.32. The van der Waals surface area contributed by atoms with E-state index in [9.17, 15) is 14.0 Å². The molecule has 2 aromatic rings. The van der Waals surface area contributed by atoms with E-state index in [4.69, 9.17) is 4.74 Å². The Labute approximate surface area is 125 Å². The van der Waals surface area contributed by atoms with Crippen molar-refractivity contribution in [3.05, 3.63) is 48.5 Å². The van der Waals surface area contributed by atoms with Crippen molar-refractivity contribution >= 4 is 23.9 Å². The van der Waals surface area contributed by atoms with Crippen LogP contribution in [0.25, 0.3) is 0 Å². The Bertz CT molecular complexity index is 705. The van der Waals surface area contributed by atoms with Crippen LogP contribution < -0.4 is 14.5 Å². The van der Waals surface area contributed by atoms with E-state index in [0.717, 1.165) is 0 Å². The summed E-state index contributed by atoms with van der Waals surface area (Å²) in [6, 6.07) is 9.17. The minimum absolute atomic E-state index is 0.239. The van der Waals surface area contributed by atoms with Gasteiger partial charge in [0.15, 0.2) is 0 Å². The minimum Gasteiger partial charge on any atom is -0.429 e. The number of amides is 2. The Morgan fingerprint density at radius 3 is 2.59 bits per heavy atom. The highest BCUT2D eigenvalue weighted by Gasteiger charge is 2.31. The van der Waals surface area contributed by atoms with Crippen molar-refractivity contribution in [1.29, 1.82) is 0 Å². The van der Waals surface area contributed by atoms with Gasteiger partial charge in [0, 0.05) is 24.8 Å². The smallest absolute Gasteiger partial charge is 0.329 e. The lowest BCUT2D eigenvalue weighted by molar-refractivity contribution is -0.120. The summed E-state index contributed by atoms with van der Waals surface area (Å²) in [6.45, 7) is 1.27. The monoisotopic (exact) mass is 301 g/mol. The van der Waals surface area contributed by atoms with Gasteiger partial charge in [0.2, 0.25) is 5.95 Å². The molecule has 1 aromatic heterocycles. The second kappa shape index (κ2) is 5.80.